The highest BCUT2D eigenvalue weighted by molar-refractivity contribution is 8.16. The molecule has 2 saturated heterocycles. The maximum atomic E-state index is 13.0. The second-order valence-corrected chi connectivity index (χ2v) is 11.1. The van der Waals surface area contributed by atoms with E-state index in [1.807, 2.05) is 17.0 Å². The minimum Gasteiger partial charge on any atom is -0.486 e. The third-order valence-corrected chi connectivity index (χ3v) is 8.90. The Morgan fingerprint density at radius 1 is 0.938 bits per heavy atom. The Hall–Kier alpha value is -2.92. The van der Waals surface area contributed by atoms with Crippen molar-refractivity contribution in [1.29, 1.82) is 0 Å². The minimum absolute atomic E-state index is 0.0103. The van der Waals surface area contributed by atoms with Gasteiger partial charge in [0.05, 0.1) is 17.5 Å². The number of thioether (sulfide) groups is 1. The topological polar surface area (TPSA) is 104 Å². The van der Waals surface area contributed by atoms with Crippen LogP contribution < -0.4 is 23.8 Å². The molecular weight excluding hydrogens is 456 g/mol. The molecule has 2 atom stereocenters. The van der Waals surface area contributed by atoms with Crippen LogP contribution in [-0.2, 0) is 9.84 Å². The summed E-state index contributed by atoms with van der Waals surface area (Å²) in [7, 11) is -3.16. The van der Waals surface area contributed by atoms with Crippen molar-refractivity contribution in [3.8, 4) is 23.0 Å². The standard InChI is InChI=1S/C21H18N2O7S2/c24-20(12-1-3-16-17(7-12)30-11-29-16)22-21-23(14-9-32(25,26)10-19(14)31-21)13-2-4-15-18(8-13)28-6-5-27-15/h1-4,7-8,14,19H,5-6,9-11H2/t14-,19+/m0/s1. The predicted octanol–water partition coefficient (Wildman–Crippen LogP) is 2.10. The van der Waals surface area contributed by atoms with Crippen LogP contribution in [0.3, 0.4) is 0 Å². The largest absolute Gasteiger partial charge is 0.486 e. The van der Waals surface area contributed by atoms with E-state index in [0.29, 0.717) is 52.6 Å². The zero-order valence-electron chi connectivity index (χ0n) is 16.7. The number of fused-ring (bicyclic) bond motifs is 3. The van der Waals surface area contributed by atoms with Crippen LogP contribution in [0.15, 0.2) is 41.4 Å². The molecule has 4 heterocycles. The number of amides is 1. The smallest absolute Gasteiger partial charge is 0.279 e. The van der Waals surface area contributed by atoms with E-state index in [1.54, 1.807) is 24.3 Å². The second-order valence-electron chi connectivity index (χ2n) is 7.77. The van der Waals surface area contributed by atoms with Crippen molar-refractivity contribution in [2.45, 2.75) is 11.3 Å². The Labute approximate surface area is 188 Å². The molecule has 0 unspecified atom stereocenters. The van der Waals surface area contributed by atoms with Gasteiger partial charge in [0.1, 0.15) is 13.2 Å². The first-order chi connectivity index (χ1) is 15.5. The van der Waals surface area contributed by atoms with Crippen molar-refractivity contribution in [3.63, 3.8) is 0 Å². The SMILES string of the molecule is O=C(N=C1S[C@@H]2CS(=O)(=O)C[C@@H]2N1c1ccc2c(c1)OCCO2)c1ccc2c(c1)OCO2. The molecule has 0 N–H and O–H groups in total. The van der Waals surface area contributed by atoms with E-state index in [4.69, 9.17) is 18.9 Å². The molecule has 2 aromatic carbocycles. The summed E-state index contributed by atoms with van der Waals surface area (Å²) >= 11 is 1.32. The van der Waals surface area contributed by atoms with Crippen LogP contribution in [0, 0.1) is 0 Å². The second kappa shape index (κ2) is 7.31. The molecule has 0 radical (unpaired) electrons. The van der Waals surface area contributed by atoms with E-state index in [9.17, 15) is 13.2 Å². The lowest BCUT2D eigenvalue weighted by molar-refractivity contribution is 0.100. The molecule has 11 heteroatoms. The van der Waals surface area contributed by atoms with Crippen molar-refractivity contribution in [3.05, 3.63) is 42.0 Å². The number of carbonyl (C=O) groups excluding carboxylic acids is 1. The Balaban J connectivity index is 1.37. The Morgan fingerprint density at radius 2 is 1.66 bits per heavy atom. The summed E-state index contributed by atoms with van der Waals surface area (Å²) in [5, 5.41) is 0.269. The molecule has 2 fully saturated rings. The van der Waals surface area contributed by atoms with Crippen molar-refractivity contribution >= 4 is 38.4 Å². The number of amidine groups is 1. The first kappa shape index (κ1) is 19.7. The monoisotopic (exact) mass is 474 g/mol. The van der Waals surface area contributed by atoms with Gasteiger partial charge in [0, 0.05) is 22.6 Å². The van der Waals surface area contributed by atoms with E-state index in [2.05, 4.69) is 4.99 Å². The van der Waals surface area contributed by atoms with Gasteiger partial charge in [0.25, 0.3) is 5.91 Å². The van der Waals surface area contributed by atoms with Crippen molar-refractivity contribution in [2.75, 3.05) is 36.4 Å². The first-order valence-electron chi connectivity index (χ1n) is 10.1. The summed E-state index contributed by atoms with van der Waals surface area (Å²) in [6.07, 6.45) is 0. The van der Waals surface area contributed by atoms with Gasteiger partial charge in [0.2, 0.25) is 6.79 Å². The molecule has 0 aromatic heterocycles. The van der Waals surface area contributed by atoms with Gasteiger partial charge in [-0.15, -0.1) is 0 Å². The third kappa shape index (κ3) is 3.36. The lowest BCUT2D eigenvalue weighted by Crippen LogP contribution is -2.37. The lowest BCUT2D eigenvalue weighted by Gasteiger charge is -2.26. The van der Waals surface area contributed by atoms with Crippen LogP contribution in [0.5, 0.6) is 23.0 Å². The lowest BCUT2D eigenvalue weighted by atomic mass is 10.2. The summed E-state index contributed by atoms with van der Waals surface area (Å²) in [6, 6.07) is 10.0. The average Bonchev–Trinajstić information content (AvgIpc) is 3.44. The van der Waals surface area contributed by atoms with Gasteiger partial charge in [0.15, 0.2) is 38.0 Å². The van der Waals surface area contributed by atoms with Gasteiger partial charge in [-0.2, -0.15) is 4.99 Å². The zero-order chi connectivity index (χ0) is 21.9. The predicted molar refractivity (Wildman–Crippen MR) is 118 cm³/mol. The zero-order valence-corrected chi connectivity index (χ0v) is 18.4. The molecular formula is C21H18N2O7S2. The summed E-state index contributed by atoms with van der Waals surface area (Å²) < 4.78 is 46.5. The molecule has 1 amide bonds. The maximum Gasteiger partial charge on any atom is 0.279 e. The maximum absolute atomic E-state index is 13.0. The number of sulfone groups is 1. The number of hydrogen-bond donors (Lipinski definition) is 0. The van der Waals surface area contributed by atoms with Crippen molar-refractivity contribution in [1.82, 2.24) is 0 Å². The van der Waals surface area contributed by atoms with E-state index in [-0.39, 0.29) is 29.6 Å². The molecule has 32 heavy (non-hydrogen) atoms. The summed E-state index contributed by atoms with van der Waals surface area (Å²) in [5.74, 6) is 1.94. The van der Waals surface area contributed by atoms with Crippen molar-refractivity contribution < 1.29 is 32.2 Å². The molecule has 0 saturated carbocycles. The number of rotatable bonds is 2. The number of ether oxygens (including phenoxy) is 4. The number of anilines is 1. The number of carbonyl (C=O) groups is 1. The molecule has 0 aliphatic carbocycles. The van der Waals surface area contributed by atoms with Gasteiger partial charge < -0.3 is 23.8 Å². The van der Waals surface area contributed by atoms with E-state index in [0.717, 1.165) is 0 Å². The highest BCUT2D eigenvalue weighted by Gasteiger charge is 2.49. The molecule has 166 valence electrons. The third-order valence-electron chi connectivity index (χ3n) is 5.69. The van der Waals surface area contributed by atoms with E-state index in [1.165, 1.54) is 11.8 Å². The van der Waals surface area contributed by atoms with Crippen LogP contribution in [0.1, 0.15) is 10.4 Å². The highest BCUT2D eigenvalue weighted by atomic mass is 32.2. The van der Waals surface area contributed by atoms with Crippen molar-refractivity contribution in [2.24, 2.45) is 4.99 Å². The van der Waals surface area contributed by atoms with Gasteiger partial charge in [-0.05, 0) is 30.3 Å². The van der Waals surface area contributed by atoms with Crippen LogP contribution in [0.4, 0.5) is 5.69 Å². The average molecular weight is 475 g/mol. The number of nitrogens with zero attached hydrogens (tertiary/aromatic N) is 2. The first-order valence-corrected chi connectivity index (χ1v) is 12.8. The molecule has 4 aliphatic rings. The number of aliphatic imine (C=N–C) groups is 1. The molecule has 0 bridgehead atoms. The summed E-state index contributed by atoms with van der Waals surface area (Å²) in [6.45, 7) is 1.04. The van der Waals surface area contributed by atoms with Gasteiger partial charge >= 0.3 is 0 Å². The molecule has 0 spiro atoms. The normalized spacial score (nSPS) is 25.8. The van der Waals surface area contributed by atoms with Crippen LogP contribution in [0.25, 0.3) is 0 Å². The fraction of sp³-hybridized carbons (Fsp3) is 0.333. The quantitative estimate of drug-likeness (QED) is 0.647. The van der Waals surface area contributed by atoms with Crippen LogP contribution >= 0.6 is 11.8 Å². The fourth-order valence-corrected chi connectivity index (χ4v) is 8.14. The summed E-state index contributed by atoms with van der Waals surface area (Å²) in [4.78, 5) is 19.2. The Morgan fingerprint density at radius 3 is 2.53 bits per heavy atom. The Kier molecular flexibility index (Phi) is 4.51. The molecule has 6 rings (SSSR count). The number of hydrogen-bond acceptors (Lipinski definition) is 8. The molecule has 2 aromatic rings. The van der Waals surface area contributed by atoms with E-state index >= 15 is 0 Å². The number of benzene rings is 2. The van der Waals surface area contributed by atoms with Gasteiger partial charge in [-0.25, -0.2) is 8.42 Å². The van der Waals surface area contributed by atoms with Crippen LogP contribution in [-0.4, -0.2) is 62.3 Å². The van der Waals surface area contributed by atoms with Gasteiger partial charge in [-0.1, -0.05) is 11.8 Å². The van der Waals surface area contributed by atoms with E-state index < -0.39 is 15.7 Å². The Bertz CT molecular complexity index is 1260. The minimum atomic E-state index is -3.16. The highest BCUT2D eigenvalue weighted by Crippen LogP contribution is 2.43. The van der Waals surface area contributed by atoms with Gasteiger partial charge in [-0.3, -0.25) is 4.79 Å². The molecule has 4 aliphatic heterocycles. The molecule has 9 nitrogen and oxygen atoms in total. The summed E-state index contributed by atoms with van der Waals surface area (Å²) in [5.41, 5.74) is 1.08. The van der Waals surface area contributed by atoms with Crippen LogP contribution in [0.2, 0.25) is 0 Å². The fourth-order valence-electron chi connectivity index (χ4n) is 4.23.